The summed E-state index contributed by atoms with van der Waals surface area (Å²) in [5, 5.41) is 25.2. The molecule has 0 atom stereocenters. The third-order valence-corrected chi connectivity index (χ3v) is 5.70. The smallest absolute Gasteiger partial charge is 0.475 e. The van der Waals surface area contributed by atoms with Crippen LogP contribution in [0, 0.1) is 0 Å². The van der Waals surface area contributed by atoms with Gasteiger partial charge in [-0.1, -0.05) is 17.7 Å². The Kier molecular flexibility index (Phi) is 10.8. The first-order valence-electron chi connectivity index (χ1n) is 12.1. The summed E-state index contributed by atoms with van der Waals surface area (Å²) in [6.07, 6.45) is -6.09. The number of fused-ring (bicyclic) bond motifs is 1. The minimum absolute atomic E-state index is 0.00299. The topological polar surface area (TPSA) is 146 Å². The number of aromatic nitrogens is 2. The fourth-order valence-corrected chi connectivity index (χ4v) is 3.68. The van der Waals surface area contributed by atoms with Crippen LogP contribution in [0.4, 0.5) is 43.7 Å². The Morgan fingerprint density at radius 3 is 2.42 bits per heavy atom. The van der Waals surface area contributed by atoms with Crippen LogP contribution >= 0.6 is 11.6 Å². The predicted molar refractivity (Wildman–Crippen MR) is 143 cm³/mol. The second-order valence-electron chi connectivity index (χ2n) is 8.51. The van der Waals surface area contributed by atoms with E-state index in [1.54, 1.807) is 18.2 Å². The van der Waals surface area contributed by atoms with Crippen molar-refractivity contribution in [1.29, 1.82) is 0 Å². The molecule has 0 aliphatic carbocycles. The second-order valence-corrected chi connectivity index (χ2v) is 8.92. The van der Waals surface area contributed by atoms with E-state index in [-0.39, 0.29) is 35.6 Å². The van der Waals surface area contributed by atoms with Crippen molar-refractivity contribution in [1.82, 2.24) is 15.3 Å². The molecule has 10 nitrogen and oxygen atoms in total. The molecule has 5 N–H and O–H groups in total. The van der Waals surface area contributed by atoms with Crippen LogP contribution in [-0.2, 0) is 15.8 Å². The monoisotopic (exact) mass is 633 g/mol. The van der Waals surface area contributed by atoms with Crippen molar-refractivity contribution >= 4 is 46.9 Å². The van der Waals surface area contributed by atoms with Gasteiger partial charge in [-0.25, -0.2) is 14.8 Å². The third-order valence-electron chi connectivity index (χ3n) is 5.40. The number of anilines is 3. The molecule has 0 radical (unpaired) electrons. The van der Waals surface area contributed by atoms with E-state index in [4.69, 9.17) is 31.3 Å². The minimum atomic E-state index is -5.08. The van der Waals surface area contributed by atoms with Gasteiger partial charge in [0.2, 0.25) is 5.91 Å². The largest absolute Gasteiger partial charge is 0.490 e. The van der Waals surface area contributed by atoms with Crippen molar-refractivity contribution in [3.8, 4) is 11.5 Å². The van der Waals surface area contributed by atoms with Crippen LogP contribution < -0.4 is 20.7 Å². The summed E-state index contributed by atoms with van der Waals surface area (Å²) < 4.78 is 76.2. The van der Waals surface area contributed by atoms with E-state index in [2.05, 4.69) is 25.9 Å². The van der Waals surface area contributed by atoms with Gasteiger partial charge in [-0.3, -0.25) is 4.79 Å². The highest BCUT2D eigenvalue weighted by molar-refractivity contribution is 6.32. The number of rotatable bonds is 7. The number of benzene rings is 2. The number of aliphatic hydroxyl groups excluding tert-OH is 1. The summed E-state index contributed by atoms with van der Waals surface area (Å²) >= 11 is 6.34. The van der Waals surface area contributed by atoms with Gasteiger partial charge in [-0.2, -0.15) is 26.3 Å². The van der Waals surface area contributed by atoms with Gasteiger partial charge in [0.15, 0.2) is 0 Å². The summed E-state index contributed by atoms with van der Waals surface area (Å²) in [4.78, 5) is 29.8. The van der Waals surface area contributed by atoms with Crippen molar-refractivity contribution in [3.05, 3.63) is 70.5 Å². The normalized spacial score (nSPS) is 12.8. The standard InChI is InChI=1S/C24H21ClF3N5O3.C2HF3O2/c25-19-12-16(4-5-20(19)36-17-3-1-2-15(11-17)24(26,27)28)33-22-18-10-14(23(35)30-8-9-34)6-7-29-21(18)31-13-32-22;3-2(4,5)1(6)7/h1-5,10-13,34H,6-9H2,(H,30,35)(H2,29,31,32,33);(H,6,7). The lowest BCUT2D eigenvalue weighted by Gasteiger charge is -2.14. The number of aliphatic carboxylic acids is 1. The first-order chi connectivity index (χ1) is 20.2. The number of carbonyl (C=O) groups is 2. The molecule has 1 aromatic heterocycles. The molecule has 0 unspecified atom stereocenters. The number of carbonyl (C=O) groups excluding carboxylic acids is 1. The maximum Gasteiger partial charge on any atom is 0.490 e. The van der Waals surface area contributed by atoms with Gasteiger partial charge in [0.25, 0.3) is 0 Å². The molecule has 3 aromatic rings. The number of amides is 1. The molecule has 1 aliphatic heterocycles. The van der Waals surface area contributed by atoms with E-state index in [1.165, 1.54) is 24.5 Å². The van der Waals surface area contributed by atoms with Crippen LogP contribution in [0.15, 0.2) is 54.4 Å². The number of aliphatic hydroxyl groups is 1. The molecule has 1 aliphatic rings. The van der Waals surface area contributed by atoms with Crippen LogP contribution in [0.5, 0.6) is 11.5 Å². The zero-order valence-corrected chi connectivity index (χ0v) is 22.4. The van der Waals surface area contributed by atoms with Gasteiger partial charge in [0, 0.05) is 24.4 Å². The molecule has 1 amide bonds. The highest BCUT2D eigenvalue weighted by Gasteiger charge is 2.38. The fourth-order valence-electron chi connectivity index (χ4n) is 3.46. The van der Waals surface area contributed by atoms with Crippen LogP contribution in [0.3, 0.4) is 0 Å². The lowest BCUT2D eigenvalue weighted by molar-refractivity contribution is -0.192. The Bertz CT molecular complexity index is 1500. The van der Waals surface area contributed by atoms with Crippen molar-refractivity contribution < 1.29 is 50.9 Å². The highest BCUT2D eigenvalue weighted by Crippen LogP contribution is 2.36. The van der Waals surface area contributed by atoms with E-state index >= 15 is 0 Å². The maximum absolute atomic E-state index is 13.0. The zero-order chi connectivity index (χ0) is 31.8. The van der Waals surface area contributed by atoms with E-state index in [0.29, 0.717) is 41.4 Å². The number of ether oxygens (including phenoxy) is 1. The summed E-state index contributed by atoms with van der Waals surface area (Å²) in [7, 11) is 0. The summed E-state index contributed by atoms with van der Waals surface area (Å²) in [5.74, 6) is -1.94. The molecule has 0 bridgehead atoms. The van der Waals surface area contributed by atoms with Crippen molar-refractivity contribution in [2.75, 3.05) is 30.3 Å². The summed E-state index contributed by atoms with van der Waals surface area (Å²) in [5.41, 5.74) is 0.756. The molecule has 2 aromatic carbocycles. The number of halogens is 7. The molecule has 0 saturated heterocycles. The molecule has 0 saturated carbocycles. The average Bonchev–Trinajstić information content (AvgIpc) is 3.16. The molecule has 2 heterocycles. The Hall–Kier alpha value is -4.57. The van der Waals surface area contributed by atoms with Gasteiger partial charge in [-0.05, 0) is 48.9 Å². The van der Waals surface area contributed by atoms with Crippen LogP contribution in [0.1, 0.15) is 17.5 Å². The minimum Gasteiger partial charge on any atom is -0.475 e. The Morgan fingerprint density at radius 2 is 1.79 bits per heavy atom. The summed E-state index contributed by atoms with van der Waals surface area (Å²) in [6.45, 7) is 0.452. The Labute approximate surface area is 244 Å². The van der Waals surface area contributed by atoms with Gasteiger partial charge < -0.3 is 30.9 Å². The molecule has 0 fully saturated rings. The zero-order valence-electron chi connectivity index (χ0n) is 21.7. The van der Waals surface area contributed by atoms with Crippen LogP contribution in [0.2, 0.25) is 5.02 Å². The van der Waals surface area contributed by atoms with E-state index < -0.39 is 23.9 Å². The van der Waals surface area contributed by atoms with E-state index in [1.807, 2.05) is 0 Å². The molecular formula is C26H22ClF6N5O5. The lowest BCUT2D eigenvalue weighted by Crippen LogP contribution is -2.28. The Morgan fingerprint density at radius 1 is 1.07 bits per heavy atom. The number of carboxylic acid groups (broad SMARTS) is 1. The number of nitrogens with one attached hydrogen (secondary N) is 3. The first kappa shape index (κ1) is 32.9. The lowest BCUT2D eigenvalue weighted by atomic mass is 10.1. The van der Waals surface area contributed by atoms with Gasteiger partial charge in [0.1, 0.15) is 29.5 Å². The highest BCUT2D eigenvalue weighted by atomic mass is 35.5. The van der Waals surface area contributed by atoms with Crippen LogP contribution in [0.25, 0.3) is 6.08 Å². The molecule has 17 heteroatoms. The SMILES string of the molecule is O=C(NCCO)C1=Cc2c(ncnc2Nc2ccc(Oc3cccc(C(F)(F)F)c3)c(Cl)c2)NCC1.O=C(O)C(F)(F)F. The van der Waals surface area contributed by atoms with Gasteiger partial charge in [0.05, 0.1) is 22.8 Å². The van der Waals surface area contributed by atoms with Gasteiger partial charge >= 0.3 is 18.3 Å². The average molecular weight is 634 g/mol. The van der Waals surface area contributed by atoms with E-state index in [9.17, 15) is 31.1 Å². The summed E-state index contributed by atoms with van der Waals surface area (Å²) in [6, 6.07) is 9.20. The van der Waals surface area contributed by atoms with Crippen molar-refractivity contribution in [2.45, 2.75) is 18.8 Å². The number of carboxylic acids is 1. The predicted octanol–water partition coefficient (Wildman–Crippen LogP) is 5.63. The molecular weight excluding hydrogens is 612 g/mol. The quantitative estimate of drug-likeness (QED) is 0.209. The molecule has 230 valence electrons. The first-order valence-corrected chi connectivity index (χ1v) is 12.5. The fraction of sp³-hybridized carbons (Fsp3) is 0.231. The Balaban J connectivity index is 0.000000646. The molecule has 0 spiro atoms. The number of hydrogen-bond acceptors (Lipinski definition) is 8. The second kappa shape index (κ2) is 14.1. The number of hydrogen-bond donors (Lipinski definition) is 5. The number of nitrogens with zero attached hydrogens (tertiary/aromatic N) is 2. The molecule has 43 heavy (non-hydrogen) atoms. The maximum atomic E-state index is 13.0. The van der Waals surface area contributed by atoms with E-state index in [0.717, 1.165) is 12.1 Å². The van der Waals surface area contributed by atoms with Crippen molar-refractivity contribution in [3.63, 3.8) is 0 Å². The van der Waals surface area contributed by atoms with Crippen LogP contribution in [-0.4, -0.2) is 57.9 Å². The molecule has 4 rings (SSSR count). The van der Waals surface area contributed by atoms with Crippen molar-refractivity contribution in [2.24, 2.45) is 0 Å². The van der Waals surface area contributed by atoms with Gasteiger partial charge in [-0.15, -0.1) is 0 Å². The number of alkyl halides is 6. The third kappa shape index (κ3) is 9.47.